The van der Waals surface area contributed by atoms with Crippen molar-refractivity contribution >= 4 is 24.1 Å². The highest BCUT2D eigenvalue weighted by molar-refractivity contribution is 6.25. The summed E-state index contributed by atoms with van der Waals surface area (Å²) in [6.45, 7) is 3.31. The van der Waals surface area contributed by atoms with E-state index in [-0.39, 0.29) is 5.91 Å². The molecule has 2 aliphatic heterocycles. The Kier molecular flexibility index (Phi) is 4.20. The van der Waals surface area contributed by atoms with Crippen LogP contribution in [-0.4, -0.2) is 35.1 Å². The van der Waals surface area contributed by atoms with Crippen molar-refractivity contribution in [3.8, 4) is 0 Å². The van der Waals surface area contributed by atoms with Gasteiger partial charge in [0.2, 0.25) is 5.88 Å². The second-order valence-corrected chi connectivity index (χ2v) is 7.58. The van der Waals surface area contributed by atoms with Gasteiger partial charge in [-0.25, -0.2) is 0 Å². The third kappa shape index (κ3) is 3.04. The summed E-state index contributed by atoms with van der Waals surface area (Å²) in [5, 5.41) is 5.54. The molecule has 1 amide bonds. The molecule has 1 N–H and O–H groups in total. The number of H-pyrrole nitrogens is 1. The number of nitrogens with one attached hydrogen (secondary N) is 1. The van der Waals surface area contributed by atoms with Crippen molar-refractivity contribution in [1.29, 1.82) is 0 Å². The second-order valence-electron chi connectivity index (χ2n) is 7.58. The molecule has 0 spiro atoms. The van der Waals surface area contributed by atoms with Gasteiger partial charge in [0.25, 0.3) is 5.91 Å². The van der Waals surface area contributed by atoms with E-state index in [0.717, 1.165) is 25.1 Å². The molecule has 6 nitrogen and oxygen atoms in total. The van der Waals surface area contributed by atoms with Crippen LogP contribution in [0.1, 0.15) is 48.2 Å². The fourth-order valence-corrected chi connectivity index (χ4v) is 4.40. The van der Waals surface area contributed by atoms with E-state index in [4.69, 9.17) is 4.42 Å². The Morgan fingerprint density at radius 1 is 1.19 bits per heavy atom. The smallest absolute Gasteiger partial charge is 0.283 e. The number of aryl methyl sites for hydroxylation is 1. The van der Waals surface area contributed by atoms with Gasteiger partial charge in [0.15, 0.2) is 0 Å². The van der Waals surface area contributed by atoms with Crippen LogP contribution in [0.4, 0.5) is 5.88 Å². The Morgan fingerprint density at radius 3 is 2.85 bits per heavy atom. The predicted octanol–water partition coefficient (Wildman–Crippen LogP) is 3.50. The summed E-state index contributed by atoms with van der Waals surface area (Å²) in [4.78, 5) is 18.9. The quantitative estimate of drug-likeness (QED) is 0.845. The standard InChI is InChI=1S/C21H24N4O2/c26-21-15(13-22-25(21)20-8-5-11-27-20)12-19-17(14-24-9-3-4-10-24)16-6-1-2-7-18(16)23-19/h5,8,11-13,23H,1-4,6-7,9-10,14H2. The third-order valence-electron chi connectivity index (χ3n) is 5.79. The zero-order valence-electron chi connectivity index (χ0n) is 15.4. The van der Waals surface area contributed by atoms with E-state index in [2.05, 4.69) is 15.0 Å². The Labute approximate surface area is 158 Å². The van der Waals surface area contributed by atoms with E-state index < -0.39 is 0 Å². The molecule has 1 aliphatic carbocycles. The molecule has 5 rings (SSSR count). The molecule has 27 heavy (non-hydrogen) atoms. The minimum absolute atomic E-state index is 0.148. The van der Waals surface area contributed by atoms with Gasteiger partial charge in [0.1, 0.15) is 0 Å². The summed E-state index contributed by atoms with van der Waals surface area (Å²) in [6, 6.07) is 3.50. The summed E-state index contributed by atoms with van der Waals surface area (Å²) in [5.41, 5.74) is 5.87. The van der Waals surface area contributed by atoms with Crippen LogP contribution < -0.4 is 5.01 Å². The monoisotopic (exact) mass is 364 g/mol. The number of aromatic amines is 1. The molecular weight excluding hydrogens is 340 g/mol. The number of hydrogen-bond acceptors (Lipinski definition) is 4. The summed E-state index contributed by atoms with van der Waals surface area (Å²) in [6.07, 6.45) is 12.4. The van der Waals surface area contributed by atoms with E-state index in [0.29, 0.717) is 11.5 Å². The maximum atomic E-state index is 12.8. The van der Waals surface area contributed by atoms with Crippen molar-refractivity contribution in [2.45, 2.75) is 45.1 Å². The number of carbonyl (C=O) groups excluding carboxylic acids is 1. The second kappa shape index (κ2) is 6.85. The molecule has 3 aliphatic rings. The van der Waals surface area contributed by atoms with Crippen molar-refractivity contribution in [3.63, 3.8) is 0 Å². The average Bonchev–Trinajstić information content (AvgIpc) is 3.46. The highest BCUT2D eigenvalue weighted by atomic mass is 16.4. The van der Waals surface area contributed by atoms with E-state index in [1.54, 1.807) is 24.6 Å². The highest BCUT2D eigenvalue weighted by Gasteiger charge is 2.28. The molecule has 1 saturated heterocycles. The summed E-state index contributed by atoms with van der Waals surface area (Å²) in [5.74, 6) is 0.298. The zero-order chi connectivity index (χ0) is 18.2. The predicted molar refractivity (Wildman–Crippen MR) is 105 cm³/mol. The van der Waals surface area contributed by atoms with Crippen molar-refractivity contribution in [3.05, 3.63) is 46.5 Å². The van der Waals surface area contributed by atoms with Gasteiger partial charge in [0.05, 0.1) is 18.1 Å². The maximum absolute atomic E-state index is 12.8. The number of fused-ring (bicyclic) bond motifs is 1. The van der Waals surface area contributed by atoms with Crippen molar-refractivity contribution in [2.75, 3.05) is 18.1 Å². The van der Waals surface area contributed by atoms with Crippen LogP contribution in [0.15, 0.2) is 33.5 Å². The number of anilines is 1. The lowest BCUT2D eigenvalue weighted by Crippen LogP contribution is -2.21. The molecule has 0 atom stereocenters. The van der Waals surface area contributed by atoms with Gasteiger partial charge in [-0.15, -0.1) is 0 Å². The minimum Gasteiger partial charge on any atom is -0.447 e. The van der Waals surface area contributed by atoms with E-state index >= 15 is 0 Å². The number of aromatic nitrogens is 1. The summed E-state index contributed by atoms with van der Waals surface area (Å²) >= 11 is 0. The van der Waals surface area contributed by atoms with Gasteiger partial charge in [-0.3, -0.25) is 9.69 Å². The summed E-state index contributed by atoms with van der Waals surface area (Å²) in [7, 11) is 0. The molecule has 0 unspecified atom stereocenters. The van der Waals surface area contributed by atoms with Crippen LogP contribution in [0, 0.1) is 0 Å². The van der Waals surface area contributed by atoms with Gasteiger partial charge in [-0.2, -0.15) is 10.1 Å². The average molecular weight is 364 g/mol. The van der Waals surface area contributed by atoms with Gasteiger partial charge in [0, 0.05) is 24.0 Å². The number of amides is 1. The van der Waals surface area contributed by atoms with Gasteiger partial charge >= 0.3 is 0 Å². The lowest BCUT2D eigenvalue weighted by Gasteiger charge is -2.18. The lowest BCUT2D eigenvalue weighted by atomic mass is 9.94. The van der Waals surface area contributed by atoms with E-state index in [1.165, 1.54) is 60.6 Å². The van der Waals surface area contributed by atoms with Gasteiger partial charge in [-0.05, 0) is 74.9 Å². The molecule has 1 fully saturated rings. The SMILES string of the molecule is O=C1C(=Cc2[nH]c3c(c2CN2CCCC2)CCCC3)C=NN1c1ccco1. The topological polar surface area (TPSA) is 64.8 Å². The number of furan rings is 1. The largest absolute Gasteiger partial charge is 0.447 e. The molecule has 2 aromatic rings. The number of carbonyl (C=O) groups is 1. The molecule has 0 bridgehead atoms. The first-order valence-electron chi connectivity index (χ1n) is 9.88. The molecule has 6 heteroatoms. The van der Waals surface area contributed by atoms with Crippen LogP contribution in [0.25, 0.3) is 6.08 Å². The number of hydrazone groups is 1. The Balaban J connectivity index is 1.47. The normalized spacial score (nSPS) is 21.6. The Morgan fingerprint density at radius 2 is 2.04 bits per heavy atom. The first-order chi connectivity index (χ1) is 13.3. The van der Waals surface area contributed by atoms with Crippen LogP contribution in [-0.2, 0) is 24.2 Å². The molecular formula is C21H24N4O2. The van der Waals surface area contributed by atoms with E-state index in [9.17, 15) is 4.79 Å². The molecule has 0 saturated carbocycles. The molecule has 0 aromatic carbocycles. The number of hydrogen-bond donors (Lipinski definition) is 1. The molecule has 4 heterocycles. The van der Waals surface area contributed by atoms with Crippen molar-refractivity contribution < 1.29 is 9.21 Å². The molecule has 140 valence electrons. The molecule has 0 radical (unpaired) electrons. The third-order valence-corrected chi connectivity index (χ3v) is 5.79. The van der Waals surface area contributed by atoms with E-state index in [1.807, 2.05) is 6.08 Å². The first kappa shape index (κ1) is 16.6. The van der Waals surface area contributed by atoms with Crippen LogP contribution >= 0.6 is 0 Å². The number of rotatable bonds is 4. The fourth-order valence-electron chi connectivity index (χ4n) is 4.40. The van der Waals surface area contributed by atoms with Crippen molar-refractivity contribution in [2.24, 2.45) is 5.10 Å². The minimum atomic E-state index is -0.148. The van der Waals surface area contributed by atoms with Crippen LogP contribution in [0.2, 0.25) is 0 Å². The maximum Gasteiger partial charge on any atom is 0.283 e. The number of nitrogens with zero attached hydrogens (tertiary/aromatic N) is 3. The summed E-state index contributed by atoms with van der Waals surface area (Å²) < 4.78 is 5.31. The van der Waals surface area contributed by atoms with Crippen molar-refractivity contribution in [1.82, 2.24) is 9.88 Å². The Bertz CT molecular complexity index is 901. The highest BCUT2D eigenvalue weighted by Crippen LogP contribution is 2.31. The zero-order valence-corrected chi connectivity index (χ0v) is 15.4. The number of likely N-dealkylation sites (tertiary alicyclic amines) is 1. The Hall–Kier alpha value is -2.60. The first-order valence-corrected chi connectivity index (χ1v) is 9.88. The molecule has 2 aromatic heterocycles. The van der Waals surface area contributed by atoms with Gasteiger partial charge < -0.3 is 9.40 Å². The van der Waals surface area contributed by atoms with Crippen LogP contribution in [0.3, 0.4) is 0 Å². The van der Waals surface area contributed by atoms with Gasteiger partial charge in [-0.1, -0.05) is 0 Å². The lowest BCUT2D eigenvalue weighted by molar-refractivity contribution is -0.114. The fraction of sp³-hybridized carbons (Fsp3) is 0.429. The van der Waals surface area contributed by atoms with Crippen LogP contribution in [0.5, 0.6) is 0 Å².